The van der Waals surface area contributed by atoms with Gasteiger partial charge < -0.3 is 19.5 Å². The first kappa shape index (κ1) is 24.0. The second-order valence-electron chi connectivity index (χ2n) is 7.66. The maximum absolute atomic E-state index is 13.2. The van der Waals surface area contributed by atoms with Gasteiger partial charge in [-0.05, 0) is 55.7 Å². The van der Waals surface area contributed by atoms with Gasteiger partial charge in [0.25, 0.3) is 5.91 Å². The topological polar surface area (TPSA) is 94.2 Å². The maximum Gasteiger partial charge on any atom is 0.265 e. The fourth-order valence-electron chi connectivity index (χ4n) is 3.41. The van der Waals surface area contributed by atoms with Crippen LogP contribution in [0.2, 0.25) is 0 Å². The van der Waals surface area contributed by atoms with Crippen LogP contribution in [0, 0.1) is 13.8 Å². The summed E-state index contributed by atoms with van der Waals surface area (Å²) in [5, 5.41) is 2.79. The smallest absolute Gasteiger partial charge is 0.265 e. The lowest BCUT2D eigenvalue weighted by Gasteiger charge is -2.27. The Labute approximate surface area is 189 Å². The number of ether oxygens (including phenoxy) is 3. The summed E-state index contributed by atoms with van der Waals surface area (Å²) in [6.07, 6.45) is -0.272. The Kier molecular flexibility index (Phi) is 7.76. The summed E-state index contributed by atoms with van der Waals surface area (Å²) in [4.78, 5) is 12.9. The molecule has 9 heteroatoms. The summed E-state index contributed by atoms with van der Waals surface area (Å²) in [6.45, 7) is 6.95. The van der Waals surface area contributed by atoms with Crippen LogP contribution in [0.4, 0.5) is 5.69 Å². The Morgan fingerprint density at radius 1 is 1.12 bits per heavy atom. The Morgan fingerprint density at radius 2 is 1.84 bits per heavy atom. The van der Waals surface area contributed by atoms with E-state index in [4.69, 9.17) is 14.2 Å². The molecule has 1 fully saturated rings. The number of aryl methyl sites for hydroxylation is 2. The number of rotatable bonds is 8. The minimum atomic E-state index is -3.80. The molecule has 1 amide bonds. The lowest BCUT2D eigenvalue weighted by Crippen LogP contribution is -2.40. The molecule has 32 heavy (non-hydrogen) atoms. The third-order valence-corrected chi connectivity index (χ3v) is 7.21. The highest BCUT2D eigenvalue weighted by Crippen LogP contribution is 2.30. The summed E-state index contributed by atoms with van der Waals surface area (Å²) < 4.78 is 44.2. The van der Waals surface area contributed by atoms with Gasteiger partial charge >= 0.3 is 0 Å². The molecule has 174 valence electrons. The van der Waals surface area contributed by atoms with Crippen LogP contribution in [0.15, 0.2) is 41.3 Å². The summed E-state index contributed by atoms with van der Waals surface area (Å²) >= 11 is 0. The van der Waals surface area contributed by atoms with Gasteiger partial charge in [0, 0.05) is 18.8 Å². The number of hydrogen-bond acceptors (Lipinski definition) is 6. The molecule has 1 saturated heterocycles. The first-order chi connectivity index (χ1) is 15.3. The van der Waals surface area contributed by atoms with E-state index in [9.17, 15) is 13.2 Å². The number of morpholine rings is 1. The number of amides is 1. The SMILES string of the molecule is CCC(Oc1cc(C)ccc1C)C(=O)Nc1ccc(OC)c(S(=O)(=O)N2CCOCC2)c1. The second-order valence-corrected chi connectivity index (χ2v) is 9.56. The molecule has 1 aliphatic rings. The minimum Gasteiger partial charge on any atom is -0.495 e. The fraction of sp³-hybridized carbons (Fsp3) is 0.435. The summed E-state index contributed by atoms with van der Waals surface area (Å²) in [7, 11) is -2.39. The highest BCUT2D eigenvalue weighted by Gasteiger charge is 2.30. The van der Waals surface area contributed by atoms with Gasteiger partial charge in [0.15, 0.2) is 6.10 Å². The predicted molar refractivity (Wildman–Crippen MR) is 122 cm³/mol. The minimum absolute atomic E-state index is 0.00296. The molecule has 1 unspecified atom stereocenters. The molecule has 0 spiro atoms. The van der Waals surface area contributed by atoms with Gasteiger partial charge in [-0.2, -0.15) is 4.31 Å². The van der Waals surface area contributed by atoms with Crippen molar-refractivity contribution in [2.24, 2.45) is 0 Å². The average molecular weight is 463 g/mol. The van der Waals surface area contributed by atoms with Crippen molar-refractivity contribution in [3.63, 3.8) is 0 Å². The third-order valence-electron chi connectivity index (χ3n) is 5.30. The van der Waals surface area contributed by atoms with Crippen molar-refractivity contribution < 1.29 is 27.4 Å². The van der Waals surface area contributed by atoms with Crippen LogP contribution in [-0.4, -0.2) is 58.1 Å². The van der Waals surface area contributed by atoms with Gasteiger partial charge in [-0.1, -0.05) is 19.1 Å². The molecule has 1 N–H and O–H groups in total. The number of hydrogen-bond donors (Lipinski definition) is 1. The van der Waals surface area contributed by atoms with E-state index < -0.39 is 16.1 Å². The van der Waals surface area contributed by atoms with Gasteiger partial charge in [-0.3, -0.25) is 4.79 Å². The summed E-state index contributed by atoms with van der Waals surface area (Å²) in [5.74, 6) is 0.513. The van der Waals surface area contributed by atoms with Crippen molar-refractivity contribution in [3.05, 3.63) is 47.5 Å². The Hall–Kier alpha value is -2.62. The van der Waals surface area contributed by atoms with Crippen molar-refractivity contribution >= 4 is 21.6 Å². The maximum atomic E-state index is 13.2. The van der Waals surface area contributed by atoms with Crippen LogP contribution in [0.25, 0.3) is 0 Å². The molecule has 2 aromatic rings. The van der Waals surface area contributed by atoms with Crippen LogP contribution in [0.3, 0.4) is 0 Å². The molecule has 3 rings (SSSR count). The average Bonchev–Trinajstić information content (AvgIpc) is 2.80. The highest BCUT2D eigenvalue weighted by molar-refractivity contribution is 7.89. The molecule has 1 atom stereocenters. The number of carbonyl (C=O) groups is 1. The molecule has 8 nitrogen and oxygen atoms in total. The van der Waals surface area contributed by atoms with E-state index >= 15 is 0 Å². The lowest BCUT2D eigenvalue weighted by atomic mass is 10.1. The monoisotopic (exact) mass is 462 g/mol. The van der Waals surface area contributed by atoms with Crippen molar-refractivity contribution in [1.29, 1.82) is 0 Å². The quantitative estimate of drug-likeness (QED) is 0.648. The zero-order valence-corrected chi connectivity index (χ0v) is 19.7. The number of anilines is 1. The predicted octanol–water partition coefficient (Wildman–Crippen LogP) is 3.13. The molecule has 1 heterocycles. The van der Waals surface area contributed by atoms with Crippen LogP contribution in [0.1, 0.15) is 24.5 Å². The fourth-order valence-corrected chi connectivity index (χ4v) is 5.00. The Morgan fingerprint density at radius 3 is 2.50 bits per heavy atom. The second kappa shape index (κ2) is 10.3. The van der Waals surface area contributed by atoms with E-state index in [1.165, 1.54) is 23.5 Å². The number of carbonyl (C=O) groups excluding carboxylic acids is 1. The summed E-state index contributed by atoms with van der Waals surface area (Å²) in [5.41, 5.74) is 2.32. The van der Waals surface area contributed by atoms with Crippen molar-refractivity contribution in [1.82, 2.24) is 4.31 Å². The van der Waals surface area contributed by atoms with E-state index in [2.05, 4.69) is 5.32 Å². The molecule has 2 aromatic carbocycles. The first-order valence-electron chi connectivity index (χ1n) is 10.6. The van der Waals surface area contributed by atoms with Crippen molar-refractivity contribution in [3.8, 4) is 11.5 Å². The molecular formula is C23H30N2O6S. The number of nitrogens with zero attached hydrogens (tertiary/aromatic N) is 1. The number of sulfonamides is 1. The molecule has 0 aromatic heterocycles. The van der Waals surface area contributed by atoms with E-state index in [-0.39, 0.29) is 29.6 Å². The van der Waals surface area contributed by atoms with Crippen LogP contribution >= 0.6 is 0 Å². The third kappa shape index (κ3) is 5.40. The van der Waals surface area contributed by atoms with Gasteiger partial charge in [-0.25, -0.2) is 8.42 Å². The molecule has 0 saturated carbocycles. The van der Waals surface area contributed by atoms with E-state index in [1.54, 1.807) is 6.07 Å². The van der Waals surface area contributed by atoms with Crippen LogP contribution in [-0.2, 0) is 19.6 Å². The standard InChI is InChI=1S/C23H30N2O6S/c1-5-19(31-21-14-16(2)6-7-17(21)3)23(26)24-18-8-9-20(29-4)22(15-18)32(27,28)25-10-12-30-13-11-25/h6-9,14-15,19H,5,10-13H2,1-4H3,(H,24,26). The Balaban J connectivity index is 1.82. The molecular weight excluding hydrogens is 432 g/mol. The Bertz CT molecular complexity index is 1060. The van der Waals surface area contributed by atoms with Gasteiger partial charge in [0.1, 0.15) is 16.4 Å². The largest absolute Gasteiger partial charge is 0.495 e. The van der Waals surface area contributed by atoms with Gasteiger partial charge in [-0.15, -0.1) is 0 Å². The van der Waals surface area contributed by atoms with E-state index in [1.807, 2.05) is 39.0 Å². The van der Waals surface area contributed by atoms with Crippen molar-refractivity contribution in [2.45, 2.75) is 38.2 Å². The molecule has 0 aliphatic carbocycles. The summed E-state index contributed by atoms with van der Waals surface area (Å²) in [6, 6.07) is 10.4. The van der Waals surface area contributed by atoms with E-state index in [0.29, 0.717) is 31.1 Å². The molecule has 0 bridgehead atoms. The zero-order chi connectivity index (χ0) is 23.3. The van der Waals surface area contributed by atoms with E-state index in [0.717, 1.165) is 11.1 Å². The molecule has 1 aliphatic heterocycles. The van der Waals surface area contributed by atoms with Gasteiger partial charge in [0.2, 0.25) is 10.0 Å². The normalized spacial score (nSPS) is 15.8. The van der Waals surface area contributed by atoms with Gasteiger partial charge in [0.05, 0.1) is 20.3 Å². The number of methoxy groups -OCH3 is 1. The molecule has 0 radical (unpaired) electrons. The van der Waals surface area contributed by atoms with Crippen LogP contribution in [0.5, 0.6) is 11.5 Å². The lowest BCUT2D eigenvalue weighted by molar-refractivity contribution is -0.122. The zero-order valence-electron chi connectivity index (χ0n) is 18.9. The van der Waals surface area contributed by atoms with Crippen molar-refractivity contribution in [2.75, 3.05) is 38.7 Å². The number of benzene rings is 2. The number of nitrogens with one attached hydrogen (secondary N) is 1. The van der Waals surface area contributed by atoms with Crippen LogP contribution < -0.4 is 14.8 Å². The highest BCUT2D eigenvalue weighted by atomic mass is 32.2. The first-order valence-corrected chi connectivity index (χ1v) is 12.0.